The van der Waals surface area contributed by atoms with Crippen LogP contribution in [0, 0.1) is 0 Å². The van der Waals surface area contributed by atoms with Crippen molar-refractivity contribution >= 4 is 17.0 Å². The van der Waals surface area contributed by atoms with Crippen molar-refractivity contribution in [3.05, 3.63) is 58.3 Å². The van der Waals surface area contributed by atoms with E-state index in [9.17, 15) is 0 Å². The topological polar surface area (TPSA) is 32.6 Å². The average Bonchev–Trinajstić information content (AvgIpc) is 2.80. The standard InChI is InChI=1S/C12H11NOS/c14-13-12(9-11-7-4-8-15-11)10-5-2-1-3-6-10/h1-8,14H,9H2. The number of hydrogen-bond donors (Lipinski definition) is 1. The van der Waals surface area contributed by atoms with Gasteiger partial charge in [0.25, 0.3) is 0 Å². The van der Waals surface area contributed by atoms with Gasteiger partial charge in [0.05, 0.1) is 5.71 Å². The van der Waals surface area contributed by atoms with Gasteiger partial charge in [0, 0.05) is 11.3 Å². The lowest BCUT2D eigenvalue weighted by molar-refractivity contribution is 0.318. The number of nitrogens with zero attached hydrogens (tertiary/aromatic N) is 1. The first-order chi connectivity index (χ1) is 7.40. The SMILES string of the molecule is ON=C(Cc1cccs1)c1ccccc1. The Balaban J connectivity index is 2.20. The molecule has 0 fully saturated rings. The molecule has 0 unspecified atom stereocenters. The summed E-state index contributed by atoms with van der Waals surface area (Å²) < 4.78 is 0. The van der Waals surface area contributed by atoms with Crippen LogP contribution >= 0.6 is 11.3 Å². The van der Waals surface area contributed by atoms with Crippen molar-refractivity contribution in [2.75, 3.05) is 0 Å². The van der Waals surface area contributed by atoms with E-state index in [0.717, 1.165) is 5.56 Å². The second kappa shape index (κ2) is 4.75. The Hall–Kier alpha value is -1.61. The van der Waals surface area contributed by atoms with Crippen molar-refractivity contribution in [1.82, 2.24) is 0 Å². The van der Waals surface area contributed by atoms with E-state index >= 15 is 0 Å². The zero-order valence-electron chi connectivity index (χ0n) is 8.13. The largest absolute Gasteiger partial charge is 0.411 e. The fourth-order valence-corrected chi connectivity index (χ4v) is 2.11. The zero-order valence-corrected chi connectivity index (χ0v) is 8.95. The molecule has 0 aliphatic heterocycles. The Morgan fingerprint density at radius 3 is 2.53 bits per heavy atom. The summed E-state index contributed by atoms with van der Waals surface area (Å²) in [6, 6.07) is 13.8. The summed E-state index contributed by atoms with van der Waals surface area (Å²) >= 11 is 1.67. The van der Waals surface area contributed by atoms with Crippen LogP contribution in [0.3, 0.4) is 0 Å². The fraction of sp³-hybridized carbons (Fsp3) is 0.0833. The maximum absolute atomic E-state index is 8.97. The molecule has 76 valence electrons. The number of thiophene rings is 1. The van der Waals surface area contributed by atoms with Crippen molar-refractivity contribution in [2.24, 2.45) is 5.16 Å². The zero-order chi connectivity index (χ0) is 10.5. The highest BCUT2D eigenvalue weighted by molar-refractivity contribution is 7.10. The predicted molar refractivity (Wildman–Crippen MR) is 62.8 cm³/mol. The molecule has 1 aromatic heterocycles. The van der Waals surface area contributed by atoms with E-state index in [1.54, 1.807) is 11.3 Å². The third-order valence-electron chi connectivity index (χ3n) is 2.15. The van der Waals surface area contributed by atoms with E-state index < -0.39 is 0 Å². The maximum atomic E-state index is 8.97. The minimum atomic E-state index is 0.679. The average molecular weight is 217 g/mol. The van der Waals surface area contributed by atoms with Gasteiger partial charge in [-0.2, -0.15) is 0 Å². The summed E-state index contributed by atoms with van der Waals surface area (Å²) in [5.41, 5.74) is 1.67. The molecule has 0 bridgehead atoms. The Morgan fingerprint density at radius 2 is 1.93 bits per heavy atom. The van der Waals surface area contributed by atoms with Gasteiger partial charge >= 0.3 is 0 Å². The maximum Gasteiger partial charge on any atom is 0.0919 e. The van der Waals surface area contributed by atoms with E-state index in [2.05, 4.69) is 5.16 Å². The summed E-state index contributed by atoms with van der Waals surface area (Å²) in [7, 11) is 0. The number of benzene rings is 1. The van der Waals surface area contributed by atoms with Crippen molar-refractivity contribution < 1.29 is 5.21 Å². The fourth-order valence-electron chi connectivity index (χ4n) is 1.40. The third kappa shape index (κ3) is 2.44. The van der Waals surface area contributed by atoms with Gasteiger partial charge in [0.15, 0.2) is 0 Å². The molecule has 2 aromatic rings. The van der Waals surface area contributed by atoms with Gasteiger partial charge in [0.2, 0.25) is 0 Å². The van der Waals surface area contributed by atoms with Gasteiger partial charge in [-0.1, -0.05) is 41.6 Å². The van der Waals surface area contributed by atoms with Crippen molar-refractivity contribution in [1.29, 1.82) is 0 Å². The van der Waals surface area contributed by atoms with Crippen LogP contribution in [-0.2, 0) is 6.42 Å². The van der Waals surface area contributed by atoms with Gasteiger partial charge < -0.3 is 5.21 Å². The number of rotatable bonds is 3. The molecule has 1 N–H and O–H groups in total. The van der Waals surface area contributed by atoms with E-state index in [0.29, 0.717) is 12.1 Å². The van der Waals surface area contributed by atoms with E-state index in [1.165, 1.54) is 4.88 Å². The van der Waals surface area contributed by atoms with Crippen molar-refractivity contribution in [3.63, 3.8) is 0 Å². The highest BCUT2D eigenvalue weighted by Gasteiger charge is 2.05. The molecule has 2 rings (SSSR count). The third-order valence-corrected chi connectivity index (χ3v) is 3.03. The molecule has 0 atom stereocenters. The van der Waals surface area contributed by atoms with Crippen LogP contribution in [0.5, 0.6) is 0 Å². The Labute approximate surface area is 92.5 Å². The number of oxime groups is 1. The monoisotopic (exact) mass is 217 g/mol. The Kier molecular flexibility index (Phi) is 3.15. The minimum Gasteiger partial charge on any atom is -0.411 e. The van der Waals surface area contributed by atoms with E-state index in [4.69, 9.17) is 5.21 Å². The molecule has 0 aliphatic rings. The summed E-state index contributed by atoms with van der Waals surface area (Å²) in [5.74, 6) is 0. The van der Waals surface area contributed by atoms with Gasteiger partial charge in [-0.25, -0.2) is 0 Å². The molecular formula is C12H11NOS. The molecule has 0 aliphatic carbocycles. The Morgan fingerprint density at radius 1 is 1.13 bits per heavy atom. The highest BCUT2D eigenvalue weighted by Crippen LogP contribution is 2.13. The first kappa shape index (κ1) is 9.93. The molecule has 3 heteroatoms. The minimum absolute atomic E-state index is 0.679. The van der Waals surface area contributed by atoms with Crippen LogP contribution in [0.15, 0.2) is 53.0 Å². The molecule has 2 nitrogen and oxygen atoms in total. The quantitative estimate of drug-likeness (QED) is 0.478. The molecule has 0 saturated heterocycles. The van der Waals surface area contributed by atoms with Crippen LogP contribution in [0.25, 0.3) is 0 Å². The van der Waals surface area contributed by atoms with Gasteiger partial charge in [-0.3, -0.25) is 0 Å². The summed E-state index contributed by atoms with van der Waals surface area (Å²) in [6.45, 7) is 0. The molecule has 15 heavy (non-hydrogen) atoms. The van der Waals surface area contributed by atoms with Gasteiger partial charge in [-0.15, -0.1) is 11.3 Å². The van der Waals surface area contributed by atoms with Crippen molar-refractivity contribution in [3.8, 4) is 0 Å². The Bertz CT molecular complexity index is 434. The van der Waals surface area contributed by atoms with Gasteiger partial charge in [0.1, 0.15) is 0 Å². The molecule has 0 saturated carbocycles. The summed E-state index contributed by atoms with van der Waals surface area (Å²) in [5, 5.41) is 14.4. The number of hydrogen-bond acceptors (Lipinski definition) is 3. The predicted octanol–water partition coefficient (Wildman–Crippen LogP) is 3.17. The lowest BCUT2D eigenvalue weighted by Crippen LogP contribution is -2.03. The first-order valence-electron chi connectivity index (χ1n) is 4.69. The molecule has 0 radical (unpaired) electrons. The molecule has 0 amide bonds. The van der Waals surface area contributed by atoms with E-state index in [-0.39, 0.29) is 0 Å². The second-order valence-electron chi connectivity index (χ2n) is 3.17. The highest BCUT2D eigenvalue weighted by atomic mass is 32.1. The van der Waals surface area contributed by atoms with Crippen LogP contribution < -0.4 is 0 Å². The lowest BCUT2D eigenvalue weighted by Gasteiger charge is -2.02. The smallest absolute Gasteiger partial charge is 0.0919 e. The van der Waals surface area contributed by atoms with Gasteiger partial charge in [-0.05, 0) is 17.0 Å². The summed E-state index contributed by atoms with van der Waals surface area (Å²) in [6.07, 6.45) is 0.679. The first-order valence-corrected chi connectivity index (χ1v) is 5.57. The molecular weight excluding hydrogens is 206 g/mol. The lowest BCUT2D eigenvalue weighted by atomic mass is 10.1. The van der Waals surface area contributed by atoms with Crippen LogP contribution in [0.2, 0.25) is 0 Å². The van der Waals surface area contributed by atoms with Crippen LogP contribution in [0.4, 0.5) is 0 Å². The van der Waals surface area contributed by atoms with E-state index in [1.807, 2.05) is 47.8 Å². The molecule has 0 spiro atoms. The van der Waals surface area contributed by atoms with Crippen LogP contribution in [-0.4, -0.2) is 10.9 Å². The van der Waals surface area contributed by atoms with Crippen molar-refractivity contribution in [2.45, 2.75) is 6.42 Å². The molecule has 1 heterocycles. The summed E-state index contributed by atoms with van der Waals surface area (Å²) in [4.78, 5) is 1.20. The van der Waals surface area contributed by atoms with Crippen LogP contribution in [0.1, 0.15) is 10.4 Å². The molecule has 1 aromatic carbocycles. The second-order valence-corrected chi connectivity index (χ2v) is 4.20. The normalized spacial score (nSPS) is 11.6.